The minimum Gasteiger partial charge on any atom is -0.464 e. The molecule has 0 heterocycles. The summed E-state index contributed by atoms with van der Waals surface area (Å²) in [5, 5.41) is 3.10. The van der Waals surface area contributed by atoms with Crippen molar-refractivity contribution in [2.24, 2.45) is 5.92 Å². The highest BCUT2D eigenvalue weighted by Crippen LogP contribution is 2.20. The third-order valence-electron chi connectivity index (χ3n) is 7.91. The van der Waals surface area contributed by atoms with Gasteiger partial charge in [0.05, 0.1) is 13.2 Å². The number of ether oxygens (including phenoxy) is 1. The van der Waals surface area contributed by atoms with E-state index in [-0.39, 0.29) is 18.3 Å². The molecule has 2 unspecified atom stereocenters. The molecule has 0 saturated heterocycles. The molecule has 0 aromatic heterocycles. The summed E-state index contributed by atoms with van der Waals surface area (Å²) in [6.07, 6.45) is 30.0. The molecule has 38 heavy (non-hydrogen) atoms. The van der Waals surface area contributed by atoms with Crippen LogP contribution in [-0.4, -0.2) is 30.9 Å². The van der Waals surface area contributed by atoms with E-state index in [0.29, 0.717) is 18.9 Å². The van der Waals surface area contributed by atoms with E-state index >= 15 is 0 Å². The van der Waals surface area contributed by atoms with E-state index in [1.807, 2.05) is 6.92 Å². The first kappa shape index (κ1) is 37.1. The van der Waals surface area contributed by atoms with Gasteiger partial charge in [0.1, 0.15) is 11.8 Å². The lowest BCUT2D eigenvalue weighted by molar-refractivity contribution is -0.147. The summed E-state index contributed by atoms with van der Waals surface area (Å²) in [6.45, 7) is 9.38. The molecule has 0 aliphatic heterocycles. The van der Waals surface area contributed by atoms with E-state index in [2.05, 4.69) is 26.1 Å². The van der Waals surface area contributed by atoms with E-state index < -0.39 is 6.04 Å². The van der Waals surface area contributed by atoms with Gasteiger partial charge in [-0.05, 0) is 32.1 Å². The Kier molecular flexibility index (Phi) is 28.4. The second-order valence-corrected chi connectivity index (χ2v) is 11.8. The molecule has 0 fully saturated rings. The molecule has 0 amide bonds. The van der Waals surface area contributed by atoms with Gasteiger partial charge in [-0.25, -0.2) is 0 Å². The zero-order valence-electron chi connectivity index (χ0n) is 26.3. The van der Waals surface area contributed by atoms with E-state index in [1.165, 1.54) is 122 Å². The highest BCUT2D eigenvalue weighted by Gasteiger charge is 2.18. The molecule has 0 aromatic carbocycles. The standard InChI is InChI=1S/C34H67NO3/c1-5-8-11-14-16-17-18-19-20-22-25-28-33(36)29-35-31(4)34(37)38-30-32(26-23-13-10-7-3)27-24-21-15-12-9-6-2/h31-32,35H,5-30H2,1-4H3. The maximum Gasteiger partial charge on any atom is 0.322 e. The fourth-order valence-electron chi connectivity index (χ4n) is 5.13. The van der Waals surface area contributed by atoms with Crippen LogP contribution in [-0.2, 0) is 14.3 Å². The minimum absolute atomic E-state index is 0.206. The fraction of sp³-hybridized carbons (Fsp3) is 0.941. The number of rotatable bonds is 30. The Bertz CT molecular complexity index is 522. The van der Waals surface area contributed by atoms with Crippen LogP contribution in [0.5, 0.6) is 0 Å². The molecule has 0 aliphatic carbocycles. The first-order valence-electron chi connectivity index (χ1n) is 17.0. The van der Waals surface area contributed by atoms with Gasteiger partial charge in [-0.15, -0.1) is 0 Å². The zero-order valence-corrected chi connectivity index (χ0v) is 26.3. The average molecular weight is 538 g/mol. The molecule has 2 atom stereocenters. The second-order valence-electron chi connectivity index (χ2n) is 11.8. The molecule has 0 aromatic rings. The molecule has 1 N–H and O–H groups in total. The van der Waals surface area contributed by atoms with Crippen LogP contribution in [0.15, 0.2) is 0 Å². The van der Waals surface area contributed by atoms with Gasteiger partial charge in [-0.3, -0.25) is 14.9 Å². The van der Waals surface area contributed by atoms with Crippen molar-refractivity contribution in [3.63, 3.8) is 0 Å². The molecule has 0 aliphatic rings. The molecular formula is C34H67NO3. The summed E-state index contributed by atoms with van der Waals surface area (Å²) >= 11 is 0. The summed E-state index contributed by atoms with van der Waals surface area (Å²) in [5.41, 5.74) is 0. The Hall–Kier alpha value is -0.900. The van der Waals surface area contributed by atoms with Crippen LogP contribution in [0.4, 0.5) is 0 Å². The van der Waals surface area contributed by atoms with Crippen LogP contribution in [0, 0.1) is 5.92 Å². The van der Waals surface area contributed by atoms with Crippen molar-refractivity contribution in [2.45, 2.75) is 188 Å². The van der Waals surface area contributed by atoms with Crippen LogP contribution in [0.1, 0.15) is 182 Å². The molecular weight excluding hydrogens is 470 g/mol. The number of hydrogen-bond donors (Lipinski definition) is 1. The number of hydrogen-bond acceptors (Lipinski definition) is 4. The highest BCUT2D eigenvalue weighted by molar-refractivity contribution is 5.82. The average Bonchev–Trinajstić information content (AvgIpc) is 2.92. The molecule has 0 spiro atoms. The van der Waals surface area contributed by atoms with E-state index in [0.717, 1.165) is 25.7 Å². The second kappa shape index (κ2) is 29.1. The Balaban J connectivity index is 3.97. The largest absolute Gasteiger partial charge is 0.464 e. The van der Waals surface area contributed by atoms with Gasteiger partial charge < -0.3 is 4.74 Å². The van der Waals surface area contributed by atoms with Crippen molar-refractivity contribution in [1.82, 2.24) is 5.32 Å². The molecule has 0 saturated carbocycles. The summed E-state index contributed by atoms with van der Waals surface area (Å²) < 4.78 is 5.71. The van der Waals surface area contributed by atoms with Gasteiger partial charge in [0.25, 0.3) is 0 Å². The lowest BCUT2D eigenvalue weighted by atomic mass is 9.95. The molecule has 4 heteroatoms. The van der Waals surface area contributed by atoms with Gasteiger partial charge in [0.2, 0.25) is 0 Å². The maximum absolute atomic E-state index is 12.5. The predicted octanol–water partition coefficient (Wildman–Crippen LogP) is 10.1. The predicted molar refractivity (Wildman–Crippen MR) is 165 cm³/mol. The summed E-state index contributed by atoms with van der Waals surface area (Å²) in [5.74, 6) is 0.461. The number of ketones is 1. The van der Waals surface area contributed by atoms with Crippen molar-refractivity contribution >= 4 is 11.8 Å². The van der Waals surface area contributed by atoms with Crippen LogP contribution >= 0.6 is 0 Å². The maximum atomic E-state index is 12.5. The first-order chi connectivity index (χ1) is 18.5. The fourth-order valence-corrected chi connectivity index (χ4v) is 5.13. The molecule has 4 nitrogen and oxygen atoms in total. The van der Waals surface area contributed by atoms with E-state index in [4.69, 9.17) is 4.74 Å². The molecule has 0 radical (unpaired) electrons. The highest BCUT2D eigenvalue weighted by atomic mass is 16.5. The molecule has 0 bridgehead atoms. The van der Waals surface area contributed by atoms with Gasteiger partial charge in [-0.2, -0.15) is 0 Å². The van der Waals surface area contributed by atoms with Crippen molar-refractivity contribution in [3.8, 4) is 0 Å². The Morgan fingerprint density at radius 2 is 0.974 bits per heavy atom. The lowest BCUT2D eigenvalue weighted by Crippen LogP contribution is -2.39. The van der Waals surface area contributed by atoms with Crippen molar-refractivity contribution in [1.29, 1.82) is 0 Å². The monoisotopic (exact) mass is 538 g/mol. The number of unbranched alkanes of at least 4 members (excludes halogenated alkanes) is 18. The van der Waals surface area contributed by atoms with E-state index in [9.17, 15) is 9.59 Å². The Labute approximate surface area is 238 Å². The lowest BCUT2D eigenvalue weighted by Gasteiger charge is -2.19. The van der Waals surface area contributed by atoms with Crippen LogP contribution in [0.25, 0.3) is 0 Å². The van der Waals surface area contributed by atoms with Crippen LogP contribution in [0.2, 0.25) is 0 Å². The summed E-state index contributed by atoms with van der Waals surface area (Å²) in [7, 11) is 0. The quantitative estimate of drug-likeness (QED) is 0.0731. The normalized spacial score (nSPS) is 12.9. The zero-order chi connectivity index (χ0) is 28.1. The SMILES string of the molecule is CCCCCCCCCCCCCC(=O)CNC(C)C(=O)OCC(CCCCCC)CCCCCCCC. The number of carbonyl (C=O) groups is 2. The van der Waals surface area contributed by atoms with Crippen molar-refractivity contribution < 1.29 is 14.3 Å². The van der Waals surface area contributed by atoms with Gasteiger partial charge in [0.15, 0.2) is 0 Å². The van der Waals surface area contributed by atoms with Crippen molar-refractivity contribution in [2.75, 3.05) is 13.2 Å². The smallest absolute Gasteiger partial charge is 0.322 e. The molecule has 226 valence electrons. The van der Waals surface area contributed by atoms with Crippen LogP contribution < -0.4 is 5.32 Å². The number of esters is 1. The first-order valence-corrected chi connectivity index (χ1v) is 17.0. The van der Waals surface area contributed by atoms with Gasteiger partial charge in [-0.1, -0.05) is 149 Å². The number of nitrogens with one attached hydrogen (secondary N) is 1. The topological polar surface area (TPSA) is 55.4 Å². The summed E-state index contributed by atoms with van der Waals surface area (Å²) in [6, 6.07) is -0.425. The van der Waals surface area contributed by atoms with Crippen molar-refractivity contribution in [3.05, 3.63) is 0 Å². The third-order valence-corrected chi connectivity index (χ3v) is 7.91. The van der Waals surface area contributed by atoms with Gasteiger partial charge in [0, 0.05) is 6.42 Å². The van der Waals surface area contributed by atoms with Crippen LogP contribution in [0.3, 0.4) is 0 Å². The number of carbonyl (C=O) groups excluding carboxylic acids is 2. The Morgan fingerprint density at radius 1 is 0.579 bits per heavy atom. The van der Waals surface area contributed by atoms with Gasteiger partial charge >= 0.3 is 5.97 Å². The minimum atomic E-state index is -0.425. The van der Waals surface area contributed by atoms with E-state index in [1.54, 1.807) is 0 Å². The summed E-state index contributed by atoms with van der Waals surface area (Å²) in [4.78, 5) is 24.8. The number of Topliss-reactive ketones (excluding diaryl/α,β-unsaturated/α-hetero) is 1. The molecule has 0 rings (SSSR count). The Morgan fingerprint density at radius 3 is 1.45 bits per heavy atom. The third kappa shape index (κ3) is 25.4.